The van der Waals surface area contributed by atoms with Crippen LogP contribution in [-0.4, -0.2) is 42.6 Å². The molecule has 0 fully saturated rings. The molecule has 1 aromatic rings. The Morgan fingerprint density at radius 1 is 1.30 bits per heavy atom. The number of aliphatic imine (C=N–C) groups is 1. The van der Waals surface area contributed by atoms with Crippen molar-refractivity contribution in [1.29, 1.82) is 0 Å². The summed E-state index contributed by atoms with van der Waals surface area (Å²) in [5.41, 5.74) is 1.10. The van der Waals surface area contributed by atoms with Gasteiger partial charge in [-0.05, 0) is 37.1 Å². The van der Waals surface area contributed by atoms with E-state index in [4.69, 9.17) is 4.74 Å². The van der Waals surface area contributed by atoms with Crippen LogP contribution in [0.5, 0.6) is 5.75 Å². The van der Waals surface area contributed by atoms with Crippen LogP contribution in [0.1, 0.15) is 26.3 Å². The van der Waals surface area contributed by atoms with Gasteiger partial charge in [0.1, 0.15) is 5.75 Å². The van der Waals surface area contributed by atoms with Gasteiger partial charge in [-0.15, -0.1) is 0 Å². The molecular formula is C19H28N2O2. The first-order valence-electron chi connectivity index (χ1n) is 7.56. The third-order valence-corrected chi connectivity index (χ3v) is 4.66. The van der Waals surface area contributed by atoms with E-state index in [9.17, 15) is 5.11 Å². The van der Waals surface area contributed by atoms with E-state index in [1.165, 1.54) is 6.20 Å². The normalized spacial score (nSPS) is 14.5. The van der Waals surface area contributed by atoms with Crippen molar-refractivity contribution in [3.63, 3.8) is 0 Å². The molecule has 0 spiro atoms. The molecule has 1 aromatic carbocycles. The Hall–Kier alpha value is -2.07. The number of hydrogen-bond donors (Lipinski definition) is 1. The van der Waals surface area contributed by atoms with Gasteiger partial charge in [-0.3, -0.25) is 0 Å². The number of aromatic hydroxyl groups is 1. The molecule has 0 heterocycles. The highest BCUT2D eigenvalue weighted by Gasteiger charge is 2.44. The zero-order valence-electron chi connectivity index (χ0n) is 14.8. The smallest absolute Gasteiger partial charge is 0.115 e. The van der Waals surface area contributed by atoms with E-state index in [2.05, 4.69) is 38.9 Å². The molecule has 4 heteroatoms. The van der Waals surface area contributed by atoms with Crippen LogP contribution in [0.4, 0.5) is 0 Å². The summed E-state index contributed by atoms with van der Waals surface area (Å²) in [5.74, 6) is 0.240. The minimum absolute atomic E-state index is 0.240. The fourth-order valence-electron chi connectivity index (χ4n) is 2.56. The van der Waals surface area contributed by atoms with E-state index < -0.39 is 5.60 Å². The van der Waals surface area contributed by atoms with Crippen LogP contribution < -0.4 is 0 Å². The predicted molar refractivity (Wildman–Crippen MR) is 97.7 cm³/mol. The molecule has 0 bridgehead atoms. The van der Waals surface area contributed by atoms with Crippen molar-refractivity contribution in [3.8, 4) is 5.75 Å². The molecule has 1 N–H and O–H groups in total. The maximum Gasteiger partial charge on any atom is 0.115 e. The van der Waals surface area contributed by atoms with Crippen LogP contribution >= 0.6 is 0 Å². The van der Waals surface area contributed by atoms with E-state index in [1.807, 2.05) is 24.1 Å². The van der Waals surface area contributed by atoms with Gasteiger partial charge in [-0.2, -0.15) is 0 Å². The summed E-state index contributed by atoms with van der Waals surface area (Å²) in [6, 6.07) is 7.09. The summed E-state index contributed by atoms with van der Waals surface area (Å²) >= 11 is 0. The number of benzene rings is 1. The van der Waals surface area contributed by atoms with Crippen molar-refractivity contribution < 1.29 is 9.84 Å². The number of ether oxygens (including phenoxy) is 1. The summed E-state index contributed by atoms with van der Waals surface area (Å²) in [7, 11) is 3.67. The lowest BCUT2D eigenvalue weighted by Gasteiger charge is -2.46. The van der Waals surface area contributed by atoms with Crippen molar-refractivity contribution in [1.82, 2.24) is 4.90 Å². The van der Waals surface area contributed by atoms with Gasteiger partial charge in [0.2, 0.25) is 0 Å². The number of phenols is 1. The van der Waals surface area contributed by atoms with Gasteiger partial charge in [0.15, 0.2) is 0 Å². The second kappa shape index (κ2) is 7.47. The van der Waals surface area contributed by atoms with Crippen LogP contribution in [0.2, 0.25) is 0 Å². The molecule has 23 heavy (non-hydrogen) atoms. The Labute approximate surface area is 139 Å². The molecule has 1 unspecified atom stereocenters. The molecule has 0 saturated heterocycles. The molecule has 0 saturated carbocycles. The Balaban J connectivity index is 3.23. The Kier molecular flexibility index (Phi) is 6.16. The Bertz CT molecular complexity index is 576. The highest BCUT2D eigenvalue weighted by molar-refractivity contribution is 5.70. The zero-order chi connectivity index (χ0) is 17.7. The molecule has 0 aliphatic carbocycles. The largest absolute Gasteiger partial charge is 0.508 e. The van der Waals surface area contributed by atoms with Crippen LogP contribution in [0.3, 0.4) is 0 Å². The van der Waals surface area contributed by atoms with E-state index in [0.29, 0.717) is 6.54 Å². The summed E-state index contributed by atoms with van der Waals surface area (Å²) in [6.07, 6.45) is 3.24. The van der Waals surface area contributed by atoms with Crippen LogP contribution in [-0.2, 0) is 4.74 Å². The topological polar surface area (TPSA) is 45.1 Å². The average Bonchev–Trinajstić information content (AvgIpc) is 2.52. The van der Waals surface area contributed by atoms with Crippen LogP contribution in [0.15, 0.2) is 48.6 Å². The van der Waals surface area contributed by atoms with E-state index in [1.54, 1.807) is 25.6 Å². The highest BCUT2D eigenvalue weighted by Crippen LogP contribution is 2.45. The highest BCUT2D eigenvalue weighted by atomic mass is 16.5. The van der Waals surface area contributed by atoms with Gasteiger partial charge in [0.05, 0.1) is 11.9 Å². The molecular weight excluding hydrogens is 288 g/mol. The number of nitrogens with zero attached hydrogens (tertiary/aromatic N) is 2. The average molecular weight is 316 g/mol. The first-order chi connectivity index (χ1) is 10.7. The molecule has 126 valence electrons. The van der Waals surface area contributed by atoms with Crippen molar-refractivity contribution in [2.75, 3.05) is 20.7 Å². The molecule has 1 rings (SSSR count). The van der Waals surface area contributed by atoms with E-state index >= 15 is 0 Å². The summed E-state index contributed by atoms with van der Waals surface area (Å²) < 4.78 is 5.77. The van der Waals surface area contributed by atoms with Gasteiger partial charge < -0.3 is 14.7 Å². The van der Waals surface area contributed by atoms with Crippen molar-refractivity contribution in [2.45, 2.75) is 26.4 Å². The summed E-state index contributed by atoms with van der Waals surface area (Å²) in [5, 5.41) is 9.50. The van der Waals surface area contributed by atoms with E-state index in [0.717, 1.165) is 11.1 Å². The van der Waals surface area contributed by atoms with Crippen molar-refractivity contribution in [2.24, 2.45) is 10.4 Å². The van der Waals surface area contributed by atoms with E-state index in [-0.39, 0.29) is 11.2 Å². The molecule has 0 aromatic heterocycles. The standard InChI is InChI=1S/C19H28N2O2/c1-8-20-14-21(6)13-19(5,18(3,4)23-7)15(2)16-9-11-17(22)12-10-16/h8-12,14,22H,1-2,13H2,3-7H3. The number of methoxy groups -OCH3 is 1. The summed E-state index contributed by atoms with van der Waals surface area (Å²) in [6.45, 7) is 14.8. The SMILES string of the molecule is C=CN=CN(C)CC(C)(C(=C)c1ccc(O)cc1)C(C)(C)OC. The first-order valence-corrected chi connectivity index (χ1v) is 7.56. The molecule has 1 atom stereocenters. The fourth-order valence-corrected chi connectivity index (χ4v) is 2.56. The Morgan fingerprint density at radius 3 is 2.35 bits per heavy atom. The minimum atomic E-state index is -0.446. The minimum Gasteiger partial charge on any atom is -0.508 e. The monoisotopic (exact) mass is 316 g/mol. The number of hydrogen-bond acceptors (Lipinski definition) is 3. The second-order valence-corrected chi connectivity index (χ2v) is 6.43. The lowest BCUT2D eigenvalue weighted by atomic mass is 9.68. The van der Waals surface area contributed by atoms with Crippen LogP contribution in [0.25, 0.3) is 5.57 Å². The fraction of sp³-hybridized carbons (Fsp3) is 0.421. The predicted octanol–water partition coefficient (Wildman–Crippen LogP) is 3.94. The molecule has 0 aliphatic heterocycles. The number of rotatable bonds is 8. The lowest BCUT2D eigenvalue weighted by Crippen LogP contribution is -2.50. The third-order valence-electron chi connectivity index (χ3n) is 4.66. The Morgan fingerprint density at radius 2 is 1.87 bits per heavy atom. The molecule has 0 amide bonds. The lowest BCUT2D eigenvalue weighted by molar-refractivity contribution is -0.0563. The molecule has 4 nitrogen and oxygen atoms in total. The number of phenolic OH excluding ortho intramolecular Hbond substituents is 1. The summed E-state index contributed by atoms with van der Waals surface area (Å²) in [4.78, 5) is 6.06. The third kappa shape index (κ3) is 4.23. The maximum atomic E-state index is 9.50. The van der Waals surface area contributed by atoms with Gasteiger partial charge in [-0.25, -0.2) is 4.99 Å². The first kappa shape index (κ1) is 19.0. The maximum absolute atomic E-state index is 9.50. The molecule has 0 aliphatic rings. The van der Waals surface area contributed by atoms with Crippen molar-refractivity contribution >= 4 is 11.9 Å². The quantitative estimate of drug-likeness (QED) is 0.583. The zero-order valence-corrected chi connectivity index (χ0v) is 14.8. The van der Waals surface area contributed by atoms with Gasteiger partial charge >= 0.3 is 0 Å². The van der Waals surface area contributed by atoms with Gasteiger partial charge in [-0.1, -0.05) is 32.2 Å². The second-order valence-electron chi connectivity index (χ2n) is 6.43. The van der Waals surface area contributed by atoms with Crippen molar-refractivity contribution in [3.05, 3.63) is 49.2 Å². The van der Waals surface area contributed by atoms with Gasteiger partial charge in [0, 0.05) is 32.3 Å². The van der Waals surface area contributed by atoms with Crippen LogP contribution in [0, 0.1) is 5.41 Å². The molecule has 0 radical (unpaired) electrons. The van der Waals surface area contributed by atoms with Gasteiger partial charge in [0.25, 0.3) is 0 Å².